The predicted molar refractivity (Wildman–Crippen MR) is 67.3 cm³/mol. The van der Waals surface area contributed by atoms with Crippen molar-refractivity contribution in [2.24, 2.45) is 5.92 Å². The van der Waals surface area contributed by atoms with Crippen molar-refractivity contribution in [3.63, 3.8) is 0 Å². The van der Waals surface area contributed by atoms with Gasteiger partial charge in [0.05, 0.1) is 0 Å². The highest BCUT2D eigenvalue weighted by molar-refractivity contribution is 9.09. The molecule has 1 atom stereocenters. The number of halogens is 3. The fourth-order valence-corrected chi connectivity index (χ4v) is 1.84. The lowest BCUT2D eigenvalue weighted by Gasteiger charge is -2.13. The van der Waals surface area contributed by atoms with Crippen LogP contribution in [0.25, 0.3) is 0 Å². The number of hydrogen-bond acceptors (Lipinski definition) is 0. The minimum Gasteiger partial charge on any atom is -0.207 e. The molecule has 0 bridgehead atoms. The van der Waals surface area contributed by atoms with Crippen LogP contribution in [0.2, 0.25) is 5.02 Å². The van der Waals surface area contributed by atoms with E-state index in [-0.39, 0.29) is 5.82 Å². The first-order valence-electron chi connectivity index (χ1n) is 5.08. The lowest BCUT2D eigenvalue weighted by Crippen LogP contribution is -2.08. The maximum Gasteiger partial charge on any atom is 0.124 e. The van der Waals surface area contributed by atoms with Gasteiger partial charge in [0.15, 0.2) is 0 Å². The number of hydrogen-bond donors (Lipinski definition) is 0. The summed E-state index contributed by atoms with van der Waals surface area (Å²) in [5.74, 6) is 0.326. The fraction of sp³-hybridized carbons (Fsp3) is 0.500. The van der Waals surface area contributed by atoms with E-state index in [1.54, 1.807) is 6.07 Å². The van der Waals surface area contributed by atoms with Gasteiger partial charge in [-0.15, -0.1) is 0 Å². The molecule has 1 unspecified atom stereocenters. The standard InChI is InChI=1S/C12H15BrClF/c1-8(2)11(13)6-4-9-3-5-10(15)7-12(9)14/h3,5,7-8,11H,4,6H2,1-2H3. The van der Waals surface area contributed by atoms with Crippen LogP contribution in [0.5, 0.6) is 0 Å². The van der Waals surface area contributed by atoms with Crippen LogP contribution < -0.4 is 0 Å². The van der Waals surface area contributed by atoms with Gasteiger partial charge in [-0.05, 0) is 36.5 Å². The second-order valence-electron chi connectivity index (χ2n) is 4.03. The third-order valence-electron chi connectivity index (χ3n) is 2.43. The van der Waals surface area contributed by atoms with Crippen molar-refractivity contribution in [3.05, 3.63) is 34.6 Å². The number of rotatable bonds is 4. The quantitative estimate of drug-likeness (QED) is 0.697. The van der Waals surface area contributed by atoms with Crippen LogP contribution >= 0.6 is 27.5 Å². The summed E-state index contributed by atoms with van der Waals surface area (Å²) in [6.45, 7) is 4.34. The van der Waals surface area contributed by atoms with Gasteiger partial charge >= 0.3 is 0 Å². The van der Waals surface area contributed by atoms with Crippen LogP contribution in [0.3, 0.4) is 0 Å². The van der Waals surface area contributed by atoms with Gasteiger partial charge in [0.25, 0.3) is 0 Å². The molecule has 0 radical (unpaired) electrons. The molecule has 0 aliphatic carbocycles. The Balaban J connectivity index is 2.58. The SMILES string of the molecule is CC(C)C(Br)CCc1ccc(F)cc1Cl. The summed E-state index contributed by atoms with van der Waals surface area (Å²) >= 11 is 9.56. The molecule has 1 aromatic carbocycles. The summed E-state index contributed by atoms with van der Waals surface area (Å²) in [6.07, 6.45) is 1.90. The maximum atomic E-state index is 12.8. The average molecular weight is 294 g/mol. The van der Waals surface area contributed by atoms with Crippen LogP contribution in [-0.4, -0.2) is 4.83 Å². The lowest BCUT2D eigenvalue weighted by molar-refractivity contribution is 0.581. The van der Waals surface area contributed by atoms with Crippen molar-refractivity contribution in [1.82, 2.24) is 0 Å². The summed E-state index contributed by atoms with van der Waals surface area (Å²) in [4.78, 5) is 0.485. The van der Waals surface area contributed by atoms with Gasteiger partial charge in [0, 0.05) is 9.85 Å². The molecule has 0 spiro atoms. The van der Waals surface area contributed by atoms with Crippen LogP contribution in [0.15, 0.2) is 18.2 Å². The molecule has 0 saturated heterocycles. The summed E-state index contributed by atoms with van der Waals surface area (Å²) in [5.41, 5.74) is 1.02. The molecular weight excluding hydrogens is 278 g/mol. The smallest absolute Gasteiger partial charge is 0.124 e. The first kappa shape index (κ1) is 13.0. The Morgan fingerprint density at radius 1 is 1.40 bits per heavy atom. The third kappa shape index (κ3) is 4.12. The Morgan fingerprint density at radius 3 is 2.60 bits per heavy atom. The van der Waals surface area contributed by atoms with Crippen molar-refractivity contribution in [1.29, 1.82) is 0 Å². The molecule has 0 saturated carbocycles. The Hall–Kier alpha value is -0.0800. The lowest BCUT2D eigenvalue weighted by atomic mass is 10.0. The Morgan fingerprint density at radius 2 is 2.07 bits per heavy atom. The second-order valence-corrected chi connectivity index (χ2v) is 5.62. The van der Waals surface area contributed by atoms with Crippen molar-refractivity contribution < 1.29 is 4.39 Å². The highest BCUT2D eigenvalue weighted by Gasteiger charge is 2.10. The summed E-state index contributed by atoms with van der Waals surface area (Å²) in [7, 11) is 0. The highest BCUT2D eigenvalue weighted by Crippen LogP contribution is 2.23. The summed E-state index contributed by atoms with van der Waals surface area (Å²) in [6, 6.07) is 4.59. The first-order valence-corrected chi connectivity index (χ1v) is 6.38. The van der Waals surface area contributed by atoms with Crippen molar-refractivity contribution in [3.8, 4) is 0 Å². The van der Waals surface area contributed by atoms with Gasteiger partial charge in [0.1, 0.15) is 5.82 Å². The van der Waals surface area contributed by atoms with E-state index >= 15 is 0 Å². The molecule has 0 aliphatic heterocycles. The summed E-state index contributed by atoms with van der Waals surface area (Å²) in [5, 5.41) is 0.526. The molecule has 84 valence electrons. The predicted octanol–water partition coefficient (Wildman–Crippen LogP) is 4.83. The van der Waals surface area contributed by atoms with E-state index in [4.69, 9.17) is 11.6 Å². The highest BCUT2D eigenvalue weighted by atomic mass is 79.9. The molecule has 1 rings (SSSR count). The molecular formula is C12H15BrClF. The van der Waals surface area contributed by atoms with E-state index in [2.05, 4.69) is 29.8 Å². The van der Waals surface area contributed by atoms with Crippen LogP contribution in [0.1, 0.15) is 25.8 Å². The Labute approximate surface area is 104 Å². The fourth-order valence-electron chi connectivity index (χ4n) is 1.35. The number of alkyl halides is 1. The first-order chi connectivity index (χ1) is 7.00. The van der Waals surface area contributed by atoms with Gasteiger partial charge in [-0.25, -0.2) is 4.39 Å². The number of aryl methyl sites for hydroxylation is 1. The molecule has 0 fully saturated rings. The van der Waals surface area contributed by atoms with Gasteiger partial charge < -0.3 is 0 Å². The molecule has 1 aromatic rings. The zero-order valence-corrected chi connectivity index (χ0v) is 11.3. The van der Waals surface area contributed by atoms with Crippen LogP contribution in [0, 0.1) is 11.7 Å². The molecule has 0 heterocycles. The van der Waals surface area contributed by atoms with Crippen LogP contribution in [0.4, 0.5) is 4.39 Å². The minimum atomic E-state index is -0.275. The molecule has 0 aliphatic rings. The monoisotopic (exact) mass is 292 g/mol. The van der Waals surface area contributed by atoms with Crippen molar-refractivity contribution >= 4 is 27.5 Å². The molecule has 0 N–H and O–H groups in total. The van der Waals surface area contributed by atoms with Gasteiger partial charge in [-0.2, -0.15) is 0 Å². The van der Waals surface area contributed by atoms with Gasteiger partial charge in [-0.3, -0.25) is 0 Å². The molecule has 15 heavy (non-hydrogen) atoms. The normalized spacial score (nSPS) is 13.2. The largest absolute Gasteiger partial charge is 0.207 e. The van der Waals surface area contributed by atoms with Crippen molar-refractivity contribution in [2.45, 2.75) is 31.5 Å². The van der Waals surface area contributed by atoms with E-state index in [0.29, 0.717) is 15.8 Å². The topological polar surface area (TPSA) is 0 Å². The Bertz CT molecular complexity index is 325. The van der Waals surface area contributed by atoms with E-state index in [1.807, 2.05) is 0 Å². The average Bonchev–Trinajstić information content (AvgIpc) is 2.15. The third-order valence-corrected chi connectivity index (χ3v) is 4.29. The van der Waals surface area contributed by atoms with Crippen molar-refractivity contribution in [2.75, 3.05) is 0 Å². The maximum absolute atomic E-state index is 12.8. The van der Waals surface area contributed by atoms with E-state index < -0.39 is 0 Å². The van der Waals surface area contributed by atoms with E-state index in [9.17, 15) is 4.39 Å². The van der Waals surface area contributed by atoms with Gasteiger partial charge in [0.2, 0.25) is 0 Å². The van der Waals surface area contributed by atoms with E-state index in [0.717, 1.165) is 18.4 Å². The number of benzene rings is 1. The molecule has 0 amide bonds. The zero-order chi connectivity index (χ0) is 11.4. The second kappa shape index (κ2) is 5.86. The molecule has 3 heteroatoms. The Kier molecular flexibility index (Phi) is 5.07. The van der Waals surface area contributed by atoms with Crippen LogP contribution in [-0.2, 0) is 6.42 Å². The molecule has 0 aromatic heterocycles. The molecule has 0 nitrogen and oxygen atoms in total. The van der Waals surface area contributed by atoms with Gasteiger partial charge in [-0.1, -0.05) is 47.4 Å². The minimum absolute atomic E-state index is 0.275. The summed E-state index contributed by atoms with van der Waals surface area (Å²) < 4.78 is 12.8. The van der Waals surface area contributed by atoms with E-state index in [1.165, 1.54) is 12.1 Å². The zero-order valence-electron chi connectivity index (χ0n) is 8.93.